The molecule has 0 aromatic heterocycles. The molecule has 49 heavy (non-hydrogen) atoms. The third-order valence-corrected chi connectivity index (χ3v) is 11.5. The van der Waals surface area contributed by atoms with Gasteiger partial charge in [0.25, 0.3) is 0 Å². The third-order valence-electron chi connectivity index (χ3n) is 11.5. The van der Waals surface area contributed by atoms with Gasteiger partial charge in [0.2, 0.25) is 0 Å². The number of hydrogen-bond donors (Lipinski definition) is 0. The summed E-state index contributed by atoms with van der Waals surface area (Å²) in [5.41, 5.74) is 17.4. The van der Waals surface area contributed by atoms with Crippen molar-refractivity contribution in [2.45, 2.75) is 90.9 Å². The summed E-state index contributed by atoms with van der Waals surface area (Å²) in [5, 5.41) is 2.54. The van der Waals surface area contributed by atoms with Crippen LogP contribution < -0.4 is 4.90 Å². The molecule has 0 N–H and O–H groups in total. The molecule has 0 bridgehead atoms. The lowest BCUT2D eigenvalue weighted by atomic mass is 9.79. The molecule has 0 aliphatic heterocycles. The molecule has 1 nitrogen and oxygen atoms in total. The number of fused-ring (bicyclic) bond motifs is 7. The summed E-state index contributed by atoms with van der Waals surface area (Å²) in [5.74, 6) is 0. The van der Waals surface area contributed by atoms with E-state index in [1.54, 1.807) is 0 Å². The zero-order valence-electron chi connectivity index (χ0n) is 30.9. The summed E-state index contributed by atoms with van der Waals surface area (Å²) < 4.78 is 0. The number of rotatable bonds is 3. The minimum Gasteiger partial charge on any atom is -0.310 e. The van der Waals surface area contributed by atoms with Gasteiger partial charge in [-0.2, -0.15) is 0 Å². The summed E-state index contributed by atoms with van der Waals surface area (Å²) in [6.07, 6.45) is 0. The predicted octanol–water partition coefficient (Wildman–Crippen LogP) is 13.5. The first kappa shape index (κ1) is 31.6. The van der Waals surface area contributed by atoms with E-state index in [9.17, 15) is 0 Å². The zero-order chi connectivity index (χ0) is 34.7. The fraction of sp³-hybridized carbons (Fsp3) is 0.292. The molecule has 0 fully saturated rings. The fourth-order valence-corrected chi connectivity index (χ4v) is 8.66. The van der Waals surface area contributed by atoms with E-state index in [0.717, 1.165) is 0 Å². The van der Waals surface area contributed by atoms with Crippen LogP contribution in [0.25, 0.3) is 33.0 Å². The molecule has 246 valence electrons. The normalized spacial score (nSPS) is 15.5. The van der Waals surface area contributed by atoms with Crippen molar-refractivity contribution in [3.63, 3.8) is 0 Å². The van der Waals surface area contributed by atoms with Gasteiger partial charge in [0.1, 0.15) is 0 Å². The van der Waals surface area contributed by atoms with Crippen LogP contribution >= 0.6 is 0 Å². The van der Waals surface area contributed by atoms with Gasteiger partial charge in [0, 0.05) is 27.9 Å². The average Bonchev–Trinajstić information content (AvgIpc) is 3.43. The SMILES string of the molecule is CC(C)(C)c1ccc2cc(N(c3ccc4c(c3)C(C)(C)c3ccccc3-4)c3ccc4c(c3)C(C)(C)c3cccc(C(C)(C)C)c3-4)ccc2c1. The van der Waals surface area contributed by atoms with Gasteiger partial charge in [-0.1, -0.05) is 148 Å². The monoisotopic (exact) mass is 639 g/mol. The van der Waals surface area contributed by atoms with Gasteiger partial charge >= 0.3 is 0 Å². The molecule has 2 aliphatic rings. The summed E-state index contributed by atoms with van der Waals surface area (Å²) in [4.78, 5) is 2.49. The maximum absolute atomic E-state index is 2.49. The van der Waals surface area contributed by atoms with E-state index in [1.165, 1.54) is 83.5 Å². The molecule has 6 aromatic carbocycles. The standard InChI is InChI=1S/C48H49N/c1-45(2,3)32-20-18-31-27-33(21-19-30(31)26-32)49(34-22-24-37-36-14-11-12-15-39(36)47(7,8)42(37)28-34)35-23-25-38-43(29-35)48(9,10)41-17-13-16-40(44(38)41)46(4,5)6/h11-29H,1-10H3. The minimum atomic E-state index is -0.109. The second kappa shape index (κ2) is 10.4. The van der Waals surface area contributed by atoms with Crippen molar-refractivity contribution in [1.29, 1.82) is 0 Å². The molecule has 2 aliphatic carbocycles. The van der Waals surface area contributed by atoms with Gasteiger partial charge < -0.3 is 4.90 Å². The Morgan fingerprint density at radius 3 is 1.65 bits per heavy atom. The molecule has 0 saturated heterocycles. The lowest BCUT2D eigenvalue weighted by molar-refractivity contribution is 0.589. The molecule has 0 atom stereocenters. The molecular weight excluding hydrogens is 591 g/mol. The zero-order valence-corrected chi connectivity index (χ0v) is 30.9. The molecule has 1 heteroatoms. The lowest BCUT2D eigenvalue weighted by Gasteiger charge is -2.30. The van der Waals surface area contributed by atoms with E-state index in [1.807, 2.05) is 0 Å². The van der Waals surface area contributed by atoms with Crippen LogP contribution in [0.3, 0.4) is 0 Å². The first-order valence-corrected chi connectivity index (χ1v) is 17.9. The van der Waals surface area contributed by atoms with E-state index < -0.39 is 0 Å². The molecule has 0 unspecified atom stereocenters. The Morgan fingerprint density at radius 2 is 0.959 bits per heavy atom. The average molecular weight is 640 g/mol. The highest BCUT2D eigenvalue weighted by molar-refractivity contribution is 5.93. The van der Waals surface area contributed by atoms with Crippen LogP contribution in [0.15, 0.2) is 115 Å². The van der Waals surface area contributed by atoms with Crippen LogP contribution in [0.4, 0.5) is 17.1 Å². The Morgan fingerprint density at radius 1 is 0.429 bits per heavy atom. The largest absolute Gasteiger partial charge is 0.310 e. The lowest BCUT2D eigenvalue weighted by Crippen LogP contribution is -2.18. The van der Waals surface area contributed by atoms with Gasteiger partial charge in [-0.15, -0.1) is 0 Å². The Labute approximate surface area is 293 Å². The first-order chi connectivity index (χ1) is 23.1. The topological polar surface area (TPSA) is 3.24 Å². The van der Waals surface area contributed by atoms with Crippen molar-refractivity contribution in [2.75, 3.05) is 4.90 Å². The second-order valence-electron chi connectivity index (χ2n) is 17.6. The van der Waals surface area contributed by atoms with Gasteiger partial charge in [-0.25, -0.2) is 0 Å². The molecule has 0 heterocycles. The number of hydrogen-bond acceptors (Lipinski definition) is 1. The summed E-state index contributed by atoms with van der Waals surface area (Å²) >= 11 is 0. The number of benzene rings is 6. The Kier molecular flexibility index (Phi) is 6.74. The summed E-state index contributed by atoms with van der Waals surface area (Å²) in [6, 6.07) is 44.2. The van der Waals surface area contributed by atoms with Crippen molar-refractivity contribution in [3.05, 3.63) is 149 Å². The van der Waals surface area contributed by atoms with Crippen LogP contribution in [-0.2, 0) is 21.7 Å². The van der Waals surface area contributed by atoms with E-state index in [4.69, 9.17) is 0 Å². The number of nitrogens with zero attached hydrogens (tertiary/aromatic N) is 1. The van der Waals surface area contributed by atoms with Crippen molar-refractivity contribution in [2.24, 2.45) is 0 Å². The van der Waals surface area contributed by atoms with Crippen LogP contribution in [0.5, 0.6) is 0 Å². The Hall–Kier alpha value is -4.62. The van der Waals surface area contributed by atoms with Crippen LogP contribution in [0.2, 0.25) is 0 Å². The molecule has 0 amide bonds. The highest BCUT2D eigenvalue weighted by Crippen LogP contribution is 2.54. The quantitative estimate of drug-likeness (QED) is 0.186. The van der Waals surface area contributed by atoms with Crippen LogP contribution in [0, 0.1) is 0 Å². The van der Waals surface area contributed by atoms with Gasteiger partial charge in [-0.05, 0) is 114 Å². The van der Waals surface area contributed by atoms with Crippen molar-refractivity contribution >= 4 is 27.8 Å². The number of anilines is 3. The molecule has 0 saturated carbocycles. The van der Waals surface area contributed by atoms with Crippen molar-refractivity contribution in [1.82, 2.24) is 0 Å². The van der Waals surface area contributed by atoms with E-state index in [0.29, 0.717) is 0 Å². The maximum atomic E-state index is 2.49. The smallest absolute Gasteiger partial charge is 0.0468 e. The molecule has 0 radical (unpaired) electrons. The van der Waals surface area contributed by atoms with Crippen molar-refractivity contribution in [3.8, 4) is 22.3 Å². The van der Waals surface area contributed by atoms with Crippen molar-refractivity contribution < 1.29 is 0 Å². The Balaban J connectivity index is 1.33. The van der Waals surface area contributed by atoms with Crippen LogP contribution in [-0.4, -0.2) is 0 Å². The van der Waals surface area contributed by atoms with E-state index >= 15 is 0 Å². The minimum absolute atomic E-state index is 0.0560. The molecule has 6 aromatic rings. The summed E-state index contributed by atoms with van der Waals surface area (Å²) in [6.45, 7) is 23.4. The maximum Gasteiger partial charge on any atom is 0.0468 e. The fourth-order valence-electron chi connectivity index (χ4n) is 8.66. The molecular formula is C48H49N. The molecule has 0 spiro atoms. The van der Waals surface area contributed by atoms with Gasteiger partial charge in [0.15, 0.2) is 0 Å². The molecule has 8 rings (SSSR count). The second-order valence-corrected chi connectivity index (χ2v) is 17.6. The van der Waals surface area contributed by atoms with E-state index in [-0.39, 0.29) is 21.7 Å². The van der Waals surface area contributed by atoms with E-state index in [2.05, 4.69) is 189 Å². The van der Waals surface area contributed by atoms with Crippen LogP contribution in [0.1, 0.15) is 103 Å². The first-order valence-electron chi connectivity index (χ1n) is 17.9. The van der Waals surface area contributed by atoms with Gasteiger partial charge in [-0.3, -0.25) is 0 Å². The Bertz CT molecular complexity index is 2300. The predicted molar refractivity (Wildman–Crippen MR) is 211 cm³/mol. The highest BCUT2D eigenvalue weighted by Gasteiger charge is 2.39. The highest BCUT2D eigenvalue weighted by atomic mass is 15.1. The summed E-state index contributed by atoms with van der Waals surface area (Å²) in [7, 11) is 0. The van der Waals surface area contributed by atoms with Gasteiger partial charge in [0.05, 0.1) is 0 Å². The third kappa shape index (κ3) is 4.80.